The van der Waals surface area contributed by atoms with E-state index < -0.39 is 0 Å². The Balaban J connectivity index is -0.000000709. The Morgan fingerprint density at radius 3 is 2.47 bits per heavy atom. The van der Waals surface area contributed by atoms with Crippen molar-refractivity contribution in [3.8, 4) is 0 Å². The van der Waals surface area contributed by atoms with E-state index in [2.05, 4.69) is 24.1 Å². The van der Waals surface area contributed by atoms with Crippen LogP contribution in [0.3, 0.4) is 0 Å². The van der Waals surface area contributed by atoms with Gasteiger partial charge in [-0.3, -0.25) is 0 Å². The summed E-state index contributed by atoms with van der Waals surface area (Å²) in [6.45, 7) is 13.2. The van der Waals surface area contributed by atoms with E-state index in [-0.39, 0.29) is 7.52 Å². The minimum atomic E-state index is -0.325. The number of carbonyl (C=O) groups is 1. The Labute approximate surface area is 108 Å². The third-order valence-corrected chi connectivity index (χ3v) is 2.35. The van der Waals surface area contributed by atoms with E-state index in [1.165, 1.54) is 6.42 Å². The van der Waals surface area contributed by atoms with Gasteiger partial charge in [-0.05, 0) is 19.9 Å². The summed E-state index contributed by atoms with van der Waals surface area (Å²) in [4.78, 5) is 13.1. The summed E-state index contributed by atoms with van der Waals surface area (Å²) in [6, 6.07) is 0. The first-order valence-corrected chi connectivity index (χ1v) is 6.69. The predicted octanol–water partition coefficient (Wildman–Crippen LogP) is 2.98. The van der Waals surface area contributed by atoms with Crippen LogP contribution < -0.4 is 5.32 Å². The van der Waals surface area contributed by atoms with E-state index in [9.17, 15) is 4.79 Å². The minimum Gasteiger partial charge on any atom is -0.448 e. The normalized spacial score (nSPS) is 11.5. The van der Waals surface area contributed by atoms with Crippen LogP contribution in [0.15, 0.2) is 0 Å². The summed E-state index contributed by atoms with van der Waals surface area (Å²) in [5.41, 5.74) is 0. The molecule has 106 valence electrons. The molecule has 0 aromatic rings. The summed E-state index contributed by atoms with van der Waals surface area (Å²) in [5.74, 6) is 0.694. The molecule has 0 aliphatic rings. The van der Waals surface area contributed by atoms with Crippen LogP contribution in [0, 0.1) is 5.92 Å². The molecule has 0 aromatic carbocycles. The molecule has 0 aliphatic carbocycles. The van der Waals surface area contributed by atoms with Crippen LogP contribution >= 0.6 is 0 Å². The minimum absolute atomic E-state index is 0. The van der Waals surface area contributed by atoms with Gasteiger partial charge in [0, 0.05) is 21.1 Å². The molecule has 17 heavy (non-hydrogen) atoms. The van der Waals surface area contributed by atoms with Crippen molar-refractivity contribution < 1.29 is 11.0 Å². The number of nitrogens with one attached hydrogen (secondary N) is 1. The molecule has 4 heteroatoms. The average molecular weight is 248 g/mol. The zero-order valence-electron chi connectivity index (χ0n) is 12.4. The molecule has 0 saturated heterocycles. The van der Waals surface area contributed by atoms with Gasteiger partial charge < -0.3 is 15.0 Å². The van der Waals surface area contributed by atoms with Crippen molar-refractivity contribution in [3.05, 3.63) is 0 Å². The smallest absolute Gasteiger partial charge is 0.407 e. The quantitative estimate of drug-likeness (QED) is 0.753. The van der Waals surface area contributed by atoms with Crippen LogP contribution in [0.4, 0.5) is 4.79 Å². The first kappa shape index (κ1) is 18.6. The lowest BCUT2D eigenvalue weighted by Crippen LogP contribution is -2.31. The third-order valence-electron chi connectivity index (χ3n) is 2.35. The molecule has 4 nitrogen and oxygen atoms in total. The lowest BCUT2D eigenvalue weighted by atomic mass is 10.1. The summed E-state index contributed by atoms with van der Waals surface area (Å²) < 4.78 is 4.98. The van der Waals surface area contributed by atoms with Crippen molar-refractivity contribution >= 4 is 6.09 Å². The fourth-order valence-electron chi connectivity index (χ4n) is 1.24. The first-order valence-electron chi connectivity index (χ1n) is 6.69. The summed E-state index contributed by atoms with van der Waals surface area (Å²) >= 11 is 0. The van der Waals surface area contributed by atoms with Gasteiger partial charge in [0.15, 0.2) is 0 Å². The number of hydrogen-bond acceptors (Lipinski definition) is 3. The van der Waals surface area contributed by atoms with Crippen molar-refractivity contribution in [1.29, 1.82) is 0 Å². The van der Waals surface area contributed by atoms with Gasteiger partial charge in [0.1, 0.15) is 6.61 Å². The highest BCUT2D eigenvalue weighted by atomic mass is 16.5. The van der Waals surface area contributed by atoms with Crippen molar-refractivity contribution in [2.45, 2.75) is 41.0 Å². The maximum Gasteiger partial charge on any atom is 0.407 e. The number of nitrogens with zero attached hydrogens (tertiary/aromatic N) is 1. The molecule has 1 atom stereocenters. The largest absolute Gasteiger partial charge is 0.448 e. The Kier molecular flexibility index (Phi) is 14.5. The number of amides is 1. The second-order valence-corrected chi connectivity index (χ2v) is 3.94. The molecule has 1 amide bonds. The molecule has 0 bridgehead atoms. The maximum atomic E-state index is 11.0. The van der Waals surface area contributed by atoms with Gasteiger partial charge in [-0.1, -0.05) is 34.1 Å². The van der Waals surface area contributed by atoms with Crippen LogP contribution in [-0.2, 0) is 4.74 Å². The molecular weight excluding hydrogens is 216 g/mol. The van der Waals surface area contributed by atoms with E-state index in [0.29, 0.717) is 19.1 Å². The zero-order valence-corrected chi connectivity index (χ0v) is 12.4. The fourth-order valence-corrected chi connectivity index (χ4v) is 1.24. The Hall–Kier alpha value is -0.770. The molecule has 0 heterocycles. The van der Waals surface area contributed by atoms with E-state index in [4.69, 9.17) is 4.74 Å². The summed E-state index contributed by atoms with van der Waals surface area (Å²) in [7, 11) is 2.05. The second-order valence-electron chi connectivity index (χ2n) is 3.94. The zero-order chi connectivity index (χ0) is 13.7. The van der Waals surface area contributed by atoms with Crippen LogP contribution in [0.5, 0.6) is 0 Å². The number of hydrogen-bond donors (Lipinski definition) is 1. The Morgan fingerprint density at radius 1 is 1.41 bits per heavy atom. The van der Waals surface area contributed by atoms with Gasteiger partial charge in [-0.15, -0.1) is 0 Å². The molecular formula is C13H32N2O2. The highest BCUT2D eigenvalue weighted by Crippen LogP contribution is 2.01. The molecule has 1 unspecified atom stereocenters. The van der Waals surface area contributed by atoms with Crippen LogP contribution in [-0.4, -0.2) is 44.3 Å². The first-order chi connectivity index (χ1) is 8.10. The van der Waals surface area contributed by atoms with E-state index in [0.717, 1.165) is 13.1 Å². The van der Waals surface area contributed by atoms with Crippen molar-refractivity contribution in [3.63, 3.8) is 0 Å². The number of rotatable bonds is 7. The molecule has 0 aromatic heterocycles. The van der Waals surface area contributed by atoms with Gasteiger partial charge in [0.05, 0.1) is 0 Å². The van der Waals surface area contributed by atoms with Crippen molar-refractivity contribution in [2.24, 2.45) is 5.92 Å². The van der Waals surface area contributed by atoms with Gasteiger partial charge >= 0.3 is 6.09 Å². The number of alkyl carbamates (subject to hydrolysis) is 1. The third kappa shape index (κ3) is 13.2. The molecule has 0 saturated carbocycles. The summed E-state index contributed by atoms with van der Waals surface area (Å²) in [6.07, 6.45) is 0.857. The van der Waals surface area contributed by atoms with Crippen LogP contribution in [0.2, 0.25) is 0 Å². The predicted molar refractivity (Wildman–Crippen MR) is 75.4 cm³/mol. The van der Waals surface area contributed by atoms with Crippen molar-refractivity contribution in [2.75, 3.05) is 33.3 Å². The van der Waals surface area contributed by atoms with Crippen molar-refractivity contribution in [1.82, 2.24) is 10.2 Å². The molecule has 0 fully saturated rings. The summed E-state index contributed by atoms with van der Waals surface area (Å²) in [5, 5.41) is 2.59. The second kappa shape index (κ2) is 13.3. The number of ether oxygens (including phenoxy) is 1. The van der Waals surface area contributed by atoms with E-state index in [1.807, 2.05) is 27.8 Å². The lowest BCUT2D eigenvalue weighted by Gasteiger charge is -2.20. The number of likely N-dealkylation sites (N-methyl/N-ethyl adjacent to an activating group) is 1. The van der Waals surface area contributed by atoms with Gasteiger partial charge in [0.2, 0.25) is 0 Å². The molecule has 0 aliphatic heterocycles. The SMILES string of the molecule is CC.CCNC(=O)OCCN(C)CC(C)CC.[HH]. The highest BCUT2D eigenvalue weighted by Gasteiger charge is 2.05. The topological polar surface area (TPSA) is 41.6 Å². The van der Waals surface area contributed by atoms with Gasteiger partial charge in [-0.2, -0.15) is 0 Å². The molecule has 1 N–H and O–H groups in total. The standard InChI is InChI=1S/C11H24N2O2.C2H6.H2/c1-5-10(3)9-13(4)7-8-15-11(14)12-6-2;1-2;/h10H,5-9H2,1-4H3,(H,12,14);1-2H3;1H. The van der Waals surface area contributed by atoms with Crippen LogP contribution in [0.1, 0.15) is 42.5 Å². The molecule has 0 spiro atoms. The van der Waals surface area contributed by atoms with Crippen LogP contribution in [0.25, 0.3) is 0 Å². The fraction of sp³-hybridized carbons (Fsp3) is 0.923. The molecule has 0 radical (unpaired) electrons. The Bertz CT molecular complexity index is 180. The van der Waals surface area contributed by atoms with E-state index >= 15 is 0 Å². The van der Waals surface area contributed by atoms with Gasteiger partial charge in [0.25, 0.3) is 0 Å². The highest BCUT2D eigenvalue weighted by molar-refractivity contribution is 5.66. The van der Waals surface area contributed by atoms with E-state index in [1.54, 1.807) is 0 Å². The molecule has 0 rings (SSSR count). The maximum absolute atomic E-state index is 11.0. The average Bonchev–Trinajstić information content (AvgIpc) is 2.31. The monoisotopic (exact) mass is 248 g/mol. The Morgan fingerprint density at radius 2 is 2.00 bits per heavy atom. The van der Waals surface area contributed by atoms with Gasteiger partial charge in [-0.25, -0.2) is 4.79 Å². The lowest BCUT2D eigenvalue weighted by molar-refractivity contribution is 0.130. The number of carbonyl (C=O) groups excluding carboxylic acids is 1.